The van der Waals surface area contributed by atoms with Crippen molar-refractivity contribution >= 4 is 34.6 Å². The van der Waals surface area contributed by atoms with Gasteiger partial charge < -0.3 is 10.1 Å². The number of ether oxygens (including phenoxy) is 1. The van der Waals surface area contributed by atoms with E-state index in [1.807, 2.05) is 36.4 Å². The molecule has 1 saturated heterocycles. The number of fused-ring (bicyclic) bond motifs is 1. The van der Waals surface area contributed by atoms with Crippen molar-refractivity contribution in [3.05, 3.63) is 70.5 Å². The van der Waals surface area contributed by atoms with E-state index in [1.54, 1.807) is 29.7 Å². The zero-order chi connectivity index (χ0) is 23.2. The zero-order valence-corrected chi connectivity index (χ0v) is 19.1. The van der Waals surface area contributed by atoms with Gasteiger partial charge in [0.2, 0.25) is 5.91 Å². The highest BCUT2D eigenvalue weighted by Crippen LogP contribution is 2.24. The summed E-state index contributed by atoms with van der Waals surface area (Å²) in [4.78, 5) is 42.6. The molecule has 0 unspecified atom stereocenters. The number of urea groups is 1. The normalized spacial score (nSPS) is 16.5. The summed E-state index contributed by atoms with van der Waals surface area (Å²) in [6.45, 7) is 3.06. The Bertz CT molecular complexity index is 1190. The molecular formula is C24H26N4O4S. The molecule has 0 bridgehead atoms. The number of carbonyl (C=O) groups is 2. The SMILES string of the molecule is C[C@@H](Sc1nc2ccccc2c(=O)n1C[C@@H]1CCCO1)C(=O)NC(=O)NCc1ccccc1. The number of nitrogens with zero attached hydrogens (tertiary/aromatic N) is 2. The number of carbonyl (C=O) groups excluding carboxylic acids is 2. The number of hydrogen-bond donors (Lipinski definition) is 2. The highest BCUT2D eigenvalue weighted by atomic mass is 32.2. The standard InChI is InChI=1S/C24H26N4O4S/c1-16(21(29)27-23(31)25-14-17-8-3-2-4-9-17)33-24-26-20-12-6-5-11-19(20)22(30)28(24)15-18-10-7-13-32-18/h2-6,8-9,11-12,16,18H,7,10,13-15H2,1H3,(H2,25,27,29,31)/t16-,18+/m1/s1. The Balaban J connectivity index is 1.46. The monoisotopic (exact) mass is 466 g/mol. The number of benzene rings is 2. The molecule has 2 atom stereocenters. The van der Waals surface area contributed by atoms with Crippen molar-refractivity contribution in [3.8, 4) is 0 Å². The Hall–Kier alpha value is -3.17. The van der Waals surface area contributed by atoms with Gasteiger partial charge in [0.1, 0.15) is 0 Å². The van der Waals surface area contributed by atoms with E-state index >= 15 is 0 Å². The molecule has 4 rings (SSSR count). The molecule has 0 radical (unpaired) electrons. The molecule has 0 saturated carbocycles. The maximum atomic E-state index is 13.2. The van der Waals surface area contributed by atoms with Crippen molar-refractivity contribution in [1.29, 1.82) is 0 Å². The van der Waals surface area contributed by atoms with Crippen molar-refractivity contribution < 1.29 is 14.3 Å². The van der Waals surface area contributed by atoms with Crippen molar-refractivity contribution in [2.24, 2.45) is 0 Å². The van der Waals surface area contributed by atoms with Crippen molar-refractivity contribution in [3.63, 3.8) is 0 Å². The Kier molecular flexibility index (Phi) is 7.41. The van der Waals surface area contributed by atoms with Gasteiger partial charge in [-0.1, -0.05) is 54.2 Å². The first-order valence-corrected chi connectivity index (χ1v) is 11.8. The second-order valence-electron chi connectivity index (χ2n) is 7.88. The number of para-hydroxylation sites is 1. The van der Waals surface area contributed by atoms with Gasteiger partial charge in [-0.05, 0) is 37.5 Å². The quantitative estimate of drug-likeness (QED) is 0.410. The predicted octanol–water partition coefficient (Wildman–Crippen LogP) is 3.08. The second-order valence-corrected chi connectivity index (χ2v) is 9.19. The average Bonchev–Trinajstić information content (AvgIpc) is 3.34. The van der Waals surface area contributed by atoms with Crippen molar-refractivity contribution in [2.45, 2.75) is 49.4 Å². The molecule has 172 valence electrons. The minimum absolute atomic E-state index is 0.0575. The van der Waals surface area contributed by atoms with E-state index in [-0.39, 0.29) is 11.7 Å². The fourth-order valence-electron chi connectivity index (χ4n) is 3.64. The van der Waals surface area contributed by atoms with Crippen molar-refractivity contribution in [2.75, 3.05) is 6.61 Å². The molecule has 1 fully saturated rings. The lowest BCUT2D eigenvalue weighted by molar-refractivity contribution is -0.119. The molecule has 3 amide bonds. The topological polar surface area (TPSA) is 102 Å². The Morgan fingerprint density at radius 2 is 1.94 bits per heavy atom. The Morgan fingerprint density at radius 3 is 2.70 bits per heavy atom. The molecule has 9 heteroatoms. The molecule has 1 aromatic heterocycles. The van der Waals surface area contributed by atoms with Gasteiger partial charge in [0.15, 0.2) is 5.16 Å². The third kappa shape index (κ3) is 5.80. The smallest absolute Gasteiger partial charge is 0.321 e. The van der Waals surface area contributed by atoms with Crippen LogP contribution >= 0.6 is 11.8 Å². The molecule has 0 aliphatic carbocycles. The summed E-state index contributed by atoms with van der Waals surface area (Å²) in [7, 11) is 0. The van der Waals surface area contributed by atoms with Crippen LogP contribution in [-0.4, -0.2) is 39.5 Å². The highest BCUT2D eigenvalue weighted by molar-refractivity contribution is 8.00. The fraction of sp³-hybridized carbons (Fsp3) is 0.333. The maximum Gasteiger partial charge on any atom is 0.321 e. The number of rotatable bonds is 7. The summed E-state index contributed by atoms with van der Waals surface area (Å²) < 4.78 is 7.30. The molecule has 1 aliphatic heterocycles. The molecule has 2 aromatic carbocycles. The summed E-state index contributed by atoms with van der Waals surface area (Å²) in [6, 6.07) is 16.0. The van der Waals surface area contributed by atoms with Crippen LogP contribution in [0.3, 0.4) is 0 Å². The number of thioether (sulfide) groups is 1. The summed E-state index contributed by atoms with van der Waals surface area (Å²) in [5.41, 5.74) is 1.34. The second kappa shape index (κ2) is 10.6. The Labute approximate surface area is 195 Å². The number of nitrogens with one attached hydrogen (secondary N) is 2. The third-order valence-electron chi connectivity index (χ3n) is 5.42. The van der Waals surface area contributed by atoms with Crippen LogP contribution in [-0.2, 0) is 22.6 Å². The van der Waals surface area contributed by atoms with E-state index in [0.29, 0.717) is 35.8 Å². The maximum absolute atomic E-state index is 13.2. The largest absolute Gasteiger partial charge is 0.376 e. The van der Waals surface area contributed by atoms with Gasteiger partial charge in [0.05, 0.1) is 28.8 Å². The first-order valence-electron chi connectivity index (χ1n) is 10.9. The van der Waals surface area contributed by atoms with E-state index in [4.69, 9.17) is 4.74 Å². The molecule has 1 aliphatic rings. The van der Waals surface area contributed by atoms with Crippen LogP contribution in [0.4, 0.5) is 4.79 Å². The summed E-state index contributed by atoms with van der Waals surface area (Å²) in [5, 5.41) is 5.35. The third-order valence-corrected chi connectivity index (χ3v) is 6.51. The highest BCUT2D eigenvalue weighted by Gasteiger charge is 2.24. The first kappa shape index (κ1) is 23.0. The van der Waals surface area contributed by atoms with Crippen LogP contribution in [0.5, 0.6) is 0 Å². The molecule has 2 N–H and O–H groups in total. The molecule has 33 heavy (non-hydrogen) atoms. The average molecular weight is 467 g/mol. The van der Waals surface area contributed by atoms with E-state index in [9.17, 15) is 14.4 Å². The zero-order valence-electron chi connectivity index (χ0n) is 18.3. The fourth-order valence-corrected chi connectivity index (χ4v) is 4.56. The van der Waals surface area contributed by atoms with Crippen LogP contribution < -0.4 is 16.2 Å². The molecule has 2 heterocycles. The molecule has 3 aromatic rings. The van der Waals surface area contributed by atoms with Crippen LogP contribution in [0.1, 0.15) is 25.3 Å². The van der Waals surface area contributed by atoms with E-state index < -0.39 is 17.2 Å². The minimum Gasteiger partial charge on any atom is -0.376 e. The number of imide groups is 1. The van der Waals surface area contributed by atoms with Gasteiger partial charge in [0.25, 0.3) is 5.56 Å². The minimum atomic E-state index is -0.642. The summed E-state index contributed by atoms with van der Waals surface area (Å²) >= 11 is 1.15. The van der Waals surface area contributed by atoms with Crippen LogP contribution in [0, 0.1) is 0 Å². The molecule has 8 nitrogen and oxygen atoms in total. The van der Waals surface area contributed by atoms with E-state index in [1.165, 1.54) is 0 Å². The summed E-state index contributed by atoms with van der Waals surface area (Å²) in [5.74, 6) is -0.461. The van der Waals surface area contributed by atoms with Crippen molar-refractivity contribution in [1.82, 2.24) is 20.2 Å². The van der Waals surface area contributed by atoms with Gasteiger partial charge in [-0.25, -0.2) is 9.78 Å². The molecular weight excluding hydrogens is 440 g/mol. The van der Waals surface area contributed by atoms with Gasteiger partial charge in [-0.15, -0.1) is 0 Å². The lowest BCUT2D eigenvalue weighted by Crippen LogP contribution is -2.42. The predicted molar refractivity (Wildman–Crippen MR) is 127 cm³/mol. The Morgan fingerprint density at radius 1 is 1.18 bits per heavy atom. The summed E-state index contributed by atoms with van der Waals surface area (Å²) in [6.07, 6.45) is 1.78. The number of amides is 3. The van der Waals surface area contributed by atoms with Crippen LogP contribution in [0.15, 0.2) is 64.5 Å². The van der Waals surface area contributed by atoms with Gasteiger partial charge >= 0.3 is 6.03 Å². The number of aromatic nitrogens is 2. The molecule has 0 spiro atoms. The lowest BCUT2D eigenvalue weighted by Gasteiger charge is -2.18. The first-order chi connectivity index (χ1) is 16.0. The van der Waals surface area contributed by atoms with E-state index in [0.717, 1.165) is 30.2 Å². The lowest BCUT2D eigenvalue weighted by atomic mass is 10.2. The van der Waals surface area contributed by atoms with E-state index in [2.05, 4.69) is 15.6 Å². The van der Waals surface area contributed by atoms with Gasteiger partial charge in [-0.2, -0.15) is 0 Å². The van der Waals surface area contributed by atoms with Crippen LogP contribution in [0.2, 0.25) is 0 Å². The van der Waals surface area contributed by atoms with Crippen LogP contribution in [0.25, 0.3) is 10.9 Å². The van der Waals surface area contributed by atoms with Gasteiger partial charge in [-0.3, -0.25) is 19.5 Å². The van der Waals surface area contributed by atoms with Gasteiger partial charge in [0, 0.05) is 13.2 Å². The number of hydrogen-bond acceptors (Lipinski definition) is 6.